The topological polar surface area (TPSA) is 97.4 Å². The van der Waals surface area contributed by atoms with Crippen LogP contribution in [0.25, 0.3) is 5.52 Å². The van der Waals surface area contributed by atoms with Crippen LogP contribution in [0.2, 0.25) is 0 Å². The summed E-state index contributed by atoms with van der Waals surface area (Å²) in [6.07, 6.45) is 4.45. The van der Waals surface area contributed by atoms with Crippen molar-refractivity contribution in [3.05, 3.63) is 82.4 Å². The Kier molecular flexibility index (Phi) is 10.3. The van der Waals surface area contributed by atoms with Crippen LogP contribution in [0.15, 0.2) is 48.7 Å². The lowest BCUT2D eigenvalue weighted by atomic mass is 9.91. The predicted octanol–water partition coefficient (Wildman–Crippen LogP) is 5.44. The van der Waals surface area contributed by atoms with Crippen molar-refractivity contribution in [2.75, 3.05) is 6.54 Å². The summed E-state index contributed by atoms with van der Waals surface area (Å²) >= 11 is 0. The van der Waals surface area contributed by atoms with Gasteiger partial charge < -0.3 is 14.6 Å². The van der Waals surface area contributed by atoms with E-state index in [1.54, 1.807) is 18.0 Å². The number of halogens is 1. The smallest absolute Gasteiger partial charge is 0.254 e. The van der Waals surface area contributed by atoms with Crippen LogP contribution in [0.3, 0.4) is 0 Å². The molecule has 0 radical (unpaired) electrons. The van der Waals surface area contributed by atoms with E-state index in [0.717, 1.165) is 23.9 Å². The number of aryl methyl sites for hydroxylation is 3. The largest absolute Gasteiger partial charge is 0.331 e. The van der Waals surface area contributed by atoms with Crippen LogP contribution in [-0.2, 0) is 26.4 Å². The van der Waals surface area contributed by atoms with Crippen LogP contribution in [-0.4, -0.2) is 58.8 Å². The summed E-state index contributed by atoms with van der Waals surface area (Å²) in [6, 6.07) is 13.6. The van der Waals surface area contributed by atoms with Gasteiger partial charge in [-0.25, -0.2) is 0 Å². The molecule has 0 fully saturated rings. The molecule has 10 heteroatoms. The fraction of sp³-hybridized carbons (Fsp3) is 0.469. The number of fused-ring (bicyclic) bond motifs is 1. The molecule has 0 aliphatic rings. The first-order valence-corrected chi connectivity index (χ1v) is 14.4. The summed E-state index contributed by atoms with van der Waals surface area (Å²) in [5, 5.41) is 15.7. The Morgan fingerprint density at radius 3 is 2.24 bits per heavy atom. The molecule has 3 heterocycles. The Bertz CT molecular complexity index is 1530. The number of carbonyl (C=O) groups is 2. The monoisotopic (exact) mass is 593 g/mol. The molecular formula is C32H44ClN7O2. The van der Waals surface area contributed by atoms with Gasteiger partial charge in [-0.2, -0.15) is 4.80 Å². The van der Waals surface area contributed by atoms with Gasteiger partial charge in [0.15, 0.2) is 5.82 Å². The van der Waals surface area contributed by atoms with E-state index in [2.05, 4.69) is 67.5 Å². The highest BCUT2D eigenvalue weighted by Crippen LogP contribution is 2.24. The maximum atomic E-state index is 13.7. The number of ketones is 1. The van der Waals surface area contributed by atoms with Gasteiger partial charge >= 0.3 is 0 Å². The first kappa shape index (κ1) is 32.9. The molecule has 4 aromatic rings. The summed E-state index contributed by atoms with van der Waals surface area (Å²) in [7, 11) is 1.70. The summed E-state index contributed by atoms with van der Waals surface area (Å²) < 4.78 is 1.90. The molecule has 226 valence electrons. The van der Waals surface area contributed by atoms with Gasteiger partial charge in [-0.1, -0.05) is 31.2 Å². The lowest BCUT2D eigenvalue weighted by Gasteiger charge is -2.35. The lowest BCUT2D eigenvalue weighted by molar-refractivity contribution is 0.0748. The second-order valence-corrected chi connectivity index (χ2v) is 12.4. The highest BCUT2D eigenvalue weighted by Gasteiger charge is 2.24. The molecular weight excluding hydrogens is 550 g/mol. The molecule has 0 aliphatic carbocycles. The lowest BCUT2D eigenvalue weighted by Crippen LogP contribution is -2.50. The molecule has 4 rings (SSSR count). The van der Waals surface area contributed by atoms with E-state index in [1.807, 2.05) is 48.7 Å². The van der Waals surface area contributed by atoms with Gasteiger partial charge in [0, 0.05) is 40.5 Å². The average Bonchev–Trinajstić information content (AvgIpc) is 3.50. The first-order chi connectivity index (χ1) is 19.3. The molecule has 0 spiro atoms. The summed E-state index contributed by atoms with van der Waals surface area (Å²) in [5.74, 6) is 0.348. The van der Waals surface area contributed by atoms with Crippen LogP contribution in [0.5, 0.6) is 0 Å². The Morgan fingerprint density at radius 2 is 1.67 bits per heavy atom. The zero-order valence-corrected chi connectivity index (χ0v) is 26.9. The highest BCUT2D eigenvalue weighted by molar-refractivity contribution is 6.10. The van der Waals surface area contributed by atoms with Crippen molar-refractivity contribution >= 4 is 29.6 Å². The molecule has 0 unspecified atom stereocenters. The SMILES string of the molecule is CCc1cc2cc(C(=O)N(CC)Cc3nnn(C)n3)ccn2c1C(=O)c1ccc(CCC(C)(C)NC(C)(C)C)cc1.Cl. The van der Waals surface area contributed by atoms with Crippen LogP contribution >= 0.6 is 12.4 Å². The Morgan fingerprint density at radius 1 is 0.976 bits per heavy atom. The number of amides is 1. The number of pyridine rings is 1. The van der Waals surface area contributed by atoms with Crippen molar-refractivity contribution in [2.24, 2.45) is 7.05 Å². The van der Waals surface area contributed by atoms with Crippen LogP contribution < -0.4 is 5.32 Å². The summed E-state index contributed by atoms with van der Waals surface area (Å²) in [6.45, 7) is 15.8. The Balaban J connectivity index is 0.00000484. The molecule has 42 heavy (non-hydrogen) atoms. The quantitative estimate of drug-likeness (QED) is 0.233. The number of carbonyl (C=O) groups excluding carboxylic acids is 2. The minimum Gasteiger partial charge on any atom is -0.331 e. The number of nitrogens with zero attached hydrogens (tertiary/aromatic N) is 6. The fourth-order valence-corrected chi connectivity index (χ4v) is 5.45. The minimum atomic E-state index is -0.119. The van der Waals surface area contributed by atoms with Gasteiger partial charge in [-0.3, -0.25) is 9.59 Å². The molecule has 3 aromatic heterocycles. The fourth-order valence-electron chi connectivity index (χ4n) is 5.45. The highest BCUT2D eigenvalue weighted by atomic mass is 35.5. The number of aromatic nitrogens is 5. The second-order valence-electron chi connectivity index (χ2n) is 12.4. The summed E-state index contributed by atoms with van der Waals surface area (Å²) in [4.78, 5) is 30.1. The van der Waals surface area contributed by atoms with Crippen molar-refractivity contribution in [1.82, 2.24) is 34.8 Å². The number of nitrogens with one attached hydrogen (secondary N) is 1. The maximum Gasteiger partial charge on any atom is 0.254 e. The number of tetrazole rings is 1. The molecule has 1 N–H and O–H groups in total. The summed E-state index contributed by atoms with van der Waals surface area (Å²) in [5.41, 5.74) is 4.88. The Hall–Kier alpha value is -3.56. The third-order valence-corrected chi connectivity index (χ3v) is 7.21. The van der Waals surface area contributed by atoms with Gasteiger partial charge in [0.2, 0.25) is 5.78 Å². The van der Waals surface area contributed by atoms with E-state index < -0.39 is 0 Å². The number of benzene rings is 1. The number of rotatable bonds is 11. The van der Waals surface area contributed by atoms with Gasteiger partial charge in [0.25, 0.3) is 5.91 Å². The third-order valence-electron chi connectivity index (χ3n) is 7.21. The molecule has 0 aliphatic heterocycles. The average molecular weight is 594 g/mol. The van der Waals surface area contributed by atoms with E-state index in [9.17, 15) is 9.59 Å². The van der Waals surface area contributed by atoms with E-state index in [1.165, 1.54) is 10.4 Å². The number of hydrogen-bond acceptors (Lipinski definition) is 6. The van der Waals surface area contributed by atoms with Gasteiger partial charge in [0.1, 0.15) is 0 Å². The molecule has 0 bridgehead atoms. The zero-order valence-electron chi connectivity index (χ0n) is 26.1. The first-order valence-electron chi connectivity index (χ1n) is 14.4. The molecule has 1 amide bonds. The van der Waals surface area contributed by atoms with Gasteiger partial charge in [0.05, 0.1) is 19.3 Å². The van der Waals surface area contributed by atoms with E-state index in [0.29, 0.717) is 35.6 Å². The van der Waals surface area contributed by atoms with E-state index in [4.69, 9.17) is 0 Å². The van der Waals surface area contributed by atoms with Crippen LogP contribution in [0.4, 0.5) is 0 Å². The number of hydrogen-bond donors (Lipinski definition) is 1. The van der Waals surface area contributed by atoms with Crippen molar-refractivity contribution in [2.45, 2.75) is 85.4 Å². The molecule has 1 aromatic carbocycles. The molecule has 0 saturated heterocycles. The zero-order chi connectivity index (χ0) is 29.9. The van der Waals surface area contributed by atoms with Crippen molar-refractivity contribution in [3.63, 3.8) is 0 Å². The van der Waals surface area contributed by atoms with E-state index >= 15 is 0 Å². The minimum absolute atomic E-state index is 0. The third kappa shape index (κ3) is 7.83. The van der Waals surface area contributed by atoms with Crippen molar-refractivity contribution < 1.29 is 9.59 Å². The van der Waals surface area contributed by atoms with Gasteiger partial charge in [-0.05, 0) is 95.3 Å². The van der Waals surface area contributed by atoms with Gasteiger partial charge in [-0.15, -0.1) is 22.6 Å². The normalized spacial score (nSPS) is 11.9. The standard InChI is InChI=1S/C32H43N7O2.ClH/c1-9-23-19-26-20-25(30(41)38(10-2)21-27-33-36-37(8)34-27)16-18-39(26)28(23)29(40)24-13-11-22(12-14-24)15-17-32(6,7)35-31(3,4)5;/h11-14,16,18-20,35H,9-10,15,17,21H2,1-8H3;1H. The predicted molar refractivity (Wildman–Crippen MR) is 168 cm³/mol. The molecule has 0 saturated carbocycles. The maximum absolute atomic E-state index is 13.7. The van der Waals surface area contributed by atoms with Crippen LogP contribution in [0, 0.1) is 0 Å². The van der Waals surface area contributed by atoms with Crippen molar-refractivity contribution in [3.8, 4) is 0 Å². The van der Waals surface area contributed by atoms with Crippen molar-refractivity contribution in [1.29, 1.82) is 0 Å². The van der Waals surface area contributed by atoms with Crippen LogP contribution in [0.1, 0.15) is 98.2 Å². The van der Waals surface area contributed by atoms with E-state index in [-0.39, 0.29) is 41.7 Å². The molecule has 9 nitrogen and oxygen atoms in total. The second kappa shape index (κ2) is 13.2. The Labute approximate surface area is 255 Å². The molecule has 0 atom stereocenters.